The lowest BCUT2D eigenvalue weighted by molar-refractivity contribution is 0.125. The highest BCUT2D eigenvalue weighted by Crippen LogP contribution is 2.08. The van der Waals surface area contributed by atoms with Crippen LogP contribution in [0.2, 0.25) is 0 Å². The first-order valence-electron chi connectivity index (χ1n) is 13.3. The highest BCUT2D eigenvalue weighted by molar-refractivity contribution is 4.81. The lowest BCUT2D eigenvalue weighted by Gasteiger charge is -2.04. The van der Waals surface area contributed by atoms with Gasteiger partial charge in [-0.1, -0.05) is 102 Å². The topological polar surface area (TPSA) is 9.23 Å². The fourth-order valence-corrected chi connectivity index (χ4v) is 3.59. The molecule has 0 aromatic rings. The second kappa shape index (κ2) is 27.4. The van der Waals surface area contributed by atoms with Crippen LogP contribution in [0.25, 0.3) is 0 Å². The van der Waals surface area contributed by atoms with Crippen LogP contribution in [0, 0.1) is 0 Å². The van der Waals surface area contributed by atoms with E-state index in [1.54, 1.807) is 0 Å². The highest BCUT2D eigenvalue weighted by atomic mass is 16.5. The zero-order chi connectivity index (χ0) is 21.1. The molecule has 0 spiro atoms. The molecule has 0 radical (unpaired) electrons. The normalized spacial score (nSPS) is 11.9. The molecule has 29 heavy (non-hydrogen) atoms. The SMILES string of the molecule is CCCCCCC=CCCCCCCOCCCCCCC=CCCCCCC. The van der Waals surface area contributed by atoms with E-state index in [1.807, 2.05) is 0 Å². The van der Waals surface area contributed by atoms with E-state index in [4.69, 9.17) is 4.74 Å². The van der Waals surface area contributed by atoms with Crippen molar-refractivity contribution in [3.05, 3.63) is 24.3 Å². The van der Waals surface area contributed by atoms with E-state index in [0.717, 1.165) is 13.2 Å². The first kappa shape index (κ1) is 28.4. The molecule has 172 valence electrons. The summed E-state index contributed by atoms with van der Waals surface area (Å²) in [5.41, 5.74) is 0. The molecular weight excluding hydrogens is 352 g/mol. The second-order valence-corrected chi connectivity index (χ2v) is 8.66. The van der Waals surface area contributed by atoms with Crippen LogP contribution >= 0.6 is 0 Å². The third-order valence-electron chi connectivity index (χ3n) is 5.60. The van der Waals surface area contributed by atoms with E-state index in [-0.39, 0.29) is 0 Å². The van der Waals surface area contributed by atoms with E-state index >= 15 is 0 Å². The van der Waals surface area contributed by atoms with Gasteiger partial charge in [-0.15, -0.1) is 0 Å². The maximum absolute atomic E-state index is 5.79. The van der Waals surface area contributed by atoms with E-state index in [2.05, 4.69) is 38.2 Å². The van der Waals surface area contributed by atoms with Crippen molar-refractivity contribution in [3.63, 3.8) is 0 Å². The predicted octanol–water partition coefficient (Wildman–Crippen LogP) is 9.96. The van der Waals surface area contributed by atoms with Crippen molar-refractivity contribution < 1.29 is 4.74 Å². The predicted molar refractivity (Wildman–Crippen MR) is 133 cm³/mol. The standard InChI is InChI=1S/C28H54O/c1-3-5-7-9-11-13-15-17-19-21-23-25-27-29-28-26-24-22-20-18-16-14-12-10-8-6-4-2/h13-16H,3-12,17-28H2,1-2H3. The van der Waals surface area contributed by atoms with Crippen molar-refractivity contribution in [2.24, 2.45) is 0 Å². The third-order valence-corrected chi connectivity index (χ3v) is 5.60. The van der Waals surface area contributed by atoms with Crippen molar-refractivity contribution in [1.82, 2.24) is 0 Å². The number of hydrogen-bond donors (Lipinski definition) is 0. The summed E-state index contributed by atoms with van der Waals surface area (Å²) in [7, 11) is 0. The van der Waals surface area contributed by atoms with E-state index < -0.39 is 0 Å². The van der Waals surface area contributed by atoms with Crippen LogP contribution in [-0.4, -0.2) is 13.2 Å². The molecule has 0 bridgehead atoms. The summed E-state index contributed by atoms with van der Waals surface area (Å²) in [5.74, 6) is 0. The Morgan fingerprint density at radius 3 is 1.03 bits per heavy atom. The Kier molecular flexibility index (Phi) is 26.9. The molecule has 1 heteroatoms. The Balaban J connectivity index is 3.08. The van der Waals surface area contributed by atoms with Crippen LogP contribution in [0.5, 0.6) is 0 Å². The van der Waals surface area contributed by atoms with E-state index in [9.17, 15) is 0 Å². The fourth-order valence-electron chi connectivity index (χ4n) is 3.59. The van der Waals surface area contributed by atoms with Crippen molar-refractivity contribution in [1.29, 1.82) is 0 Å². The summed E-state index contributed by atoms with van der Waals surface area (Å²) in [6, 6.07) is 0. The molecule has 0 heterocycles. The molecule has 0 aromatic carbocycles. The summed E-state index contributed by atoms with van der Waals surface area (Å²) < 4.78 is 5.79. The number of hydrogen-bond acceptors (Lipinski definition) is 1. The fraction of sp³-hybridized carbons (Fsp3) is 0.857. The molecule has 0 aliphatic carbocycles. The number of allylic oxidation sites excluding steroid dienone is 4. The van der Waals surface area contributed by atoms with Gasteiger partial charge in [0.25, 0.3) is 0 Å². The van der Waals surface area contributed by atoms with E-state index in [0.29, 0.717) is 0 Å². The molecule has 0 saturated heterocycles. The quantitative estimate of drug-likeness (QED) is 0.114. The molecule has 0 amide bonds. The maximum Gasteiger partial charge on any atom is 0.0466 e. The van der Waals surface area contributed by atoms with Gasteiger partial charge >= 0.3 is 0 Å². The third kappa shape index (κ3) is 27.4. The van der Waals surface area contributed by atoms with Crippen LogP contribution in [0.3, 0.4) is 0 Å². The summed E-state index contributed by atoms with van der Waals surface area (Å²) in [4.78, 5) is 0. The van der Waals surface area contributed by atoms with Gasteiger partial charge in [-0.05, 0) is 64.2 Å². The Bertz CT molecular complexity index is 299. The summed E-state index contributed by atoms with van der Waals surface area (Å²) >= 11 is 0. The molecule has 0 saturated carbocycles. The van der Waals surface area contributed by atoms with Gasteiger partial charge < -0.3 is 4.74 Å². The van der Waals surface area contributed by atoms with Gasteiger partial charge in [0.2, 0.25) is 0 Å². The number of unbranched alkanes of at least 4 members (excludes halogenated alkanes) is 16. The molecule has 0 aliphatic rings. The van der Waals surface area contributed by atoms with Crippen LogP contribution in [0.4, 0.5) is 0 Å². The van der Waals surface area contributed by atoms with Gasteiger partial charge in [0.15, 0.2) is 0 Å². The van der Waals surface area contributed by atoms with Gasteiger partial charge in [-0.25, -0.2) is 0 Å². The smallest absolute Gasteiger partial charge is 0.0466 e. The van der Waals surface area contributed by atoms with Gasteiger partial charge in [-0.3, -0.25) is 0 Å². The summed E-state index contributed by atoms with van der Waals surface area (Å²) in [6.45, 7) is 6.48. The van der Waals surface area contributed by atoms with Gasteiger partial charge in [0.1, 0.15) is 0 Å². The minimum atomic E-state index is 0.966. The second-order valence-electron chi connectivity index (χ2n) is 8.66. The Morgan fingerprint density at radius 2 is 0.690 bits per heavy atom. The molecule has 0 N–H and O–H groups in total. The Labute approximate surface area is 184 Å². The van der Waals surface area contributed by atoms with Crippen molar-refractivity contribution >= 4 is 0 Å². The Morgan fingerprint density at radius 1 is 0.379 bits per heavy atom. The lowest BCUT2D eigenvalue weighted by atomic mass is 10.1. The van der Waals surface area contributed by atoms with Gasteiger partial charge in [0.05, 0.1) is 0 Å². The van der Waals surface area contributed by atoms with Crippen LogP contribution in [0.1, 0.15) is 142 Å². The first-order chi connectivity index (χ1) is 14.4. The number of ether oxygens (including phenoxy) is 1. The molecule has 0 unspecified atom stereocenters. The van der Waals surface area contributed by atoms with Crippen molar-refractivity contribution in [2.45, 2.75) is 142 Å². The van der Waals surface area contributed by atoms with Crippen LogP contribution < -0.4 is 0 Å². The molecule has 0 aliphatic heterocycles. The number of rotatable bonds is 24. The molecule has 0 aromatic heterocycles. The van der Waals surface area contributed by atoms with Crippen molar-refractivity contribution in [2.75, 3.05) is 13.2 Å². The highest BCUT2D eigenvalue weighted by Gasteiger charge is 1.93. The van der Waals surface area contributed by atoms with Crippen LogP contribution in [0.15, 0.2) is 24.3 Å². The van der Waals surface area contributed by atoms with Gasteiger partial charge in [-0.2, -0.15) is 0 Å². The zero-order valence-electron chi connectivity index (χ0n) is 20.3. The minimum Gasteiger partial charge on any atom is -0.381 e. The lowest BCUT2D eigenvalue weighted by Crippen LogP contribution is -1.97. The molecule has 0 rings (SSSR count). The summed E-state index contributed by atoms with van der Waals surface area (Å²) in [6.07, 6.45) is 36.2. The largest absolute Gasteiger partial charge is 0.381 e. The monoisotopic (exact) mass is 406 g/mol. The van der Waals surface area contributed by atoms with Crippen LogP contribution in [-0.2, 0) is 4.74 Å². The van der Waals surface area contributed by atoms with Gasteiger partial charge in [0, 0.05) is 13.2 Å². The first-order valence-corrected chi connectivity index (χ1v) is 13.3. The minimum absolute atomic E-state index is 0.966. The molecule has 1 nitrogen and oxygen atoms in total. The molecule has 0 fully saturated rings. The average Bonchev–Trinajstić information content (AvgIpc) is 2.74. The van der Waals surface area contributed by atoms with Crippen molar-refractivity contribution in [3.8, 4) is 0 Å². The molecular formula is C28H54O. The summed E-state index contributed by atoms with van der Waals surface area (Å²) in [5, 5.41) is 0. The Hall–Kier alpha value is -0.560. The average molecular weight is 407 g/mol. The molecule has 0 atom stereocenters. The van der Waals surface area contributed by atoms with E-state index in [1.165, 1.54) is 128 Å². The zero-order valence-corrected chi connectivity index (χ0v) is 20.3. The maximum atomic E-state index is 5.79.